The molecule has 132 valence electrons. The summed E-state index contributed by atoms with van der Waals surface area (Å²) in [6.45, 7) is 6.48. The fraction of sp³-hybridized carbons (Fsp3) is 0.944. The molecule has 1 amide bonds. The highest BCUT2D eigenvalue weighted by atomic mass is 16.5. The fourth-order valence-electron chi connectivity index (χ4n) is 4.31. The van der Waals surface area contributed by atoms with Crippen LogP contribution in [0, 0.1) is 17.3 Å². The number of amides is 1. The number of methoxy groups -OCH3 is 1. The molecule has 3 fully saturated rings. The third kappa shape index (κ3) is 4.25. The summed E-state index contributed by atoms with van der Waals surface area (Å²) in [6, 6.07) is 0. The Morgan fingerprint density at radius 3 is 2.61 bits per heavy atom. The molecule has 23 heavy (non-hydrogen) atoms. The monoisotopic (exact) mass is 324 g/mol. The Hall–Kier alpha value is -0.650. The van der Waals surface area contributed by atoms with Gasteiger partial charge in [0.05, 0.1) is 19.6 Å². The highest BCUT2D eigenvalue weighted by Gasteiger charge is 2.47. The van der Waals surface area contributed by atoms with E-state index in [1.165, 1.54) is 12.8 Å². The van der Waals surface area contributed by atoms with E-state index in [2.05, 4.69) is 11.9 Å². The average molecular weight is 324 g/mol. The van der Waals surface area contributed by atoms with Crippen LogP contribution in [0.15, 0.2) is 0 Å². The molecule has 5 nitrogen and oxygen atoms in total. The van der Waals surface area contributed by atoms with Gasteiger partial charge in [0.25, 0.3) is 0 Å². The molecule has 2 aliphatic heterocycles. The first-order valence-electron chi connectivity index (χ1n) is 9.16. The highest BCUT2D eigenvalue weighted by Crippen LogP contribution is 2.44. The van der Waals surface area contributed by atoms with E-state index in [9.17, 15) is 4.79 Å². The first-order valence-corrected chi connectivity index (χ1v) is 9.16. The van der Waals surface area contributed by atoms with E-state index in [-0.39, 0.29) is 5.91 Å². The highest BCUT2D eigenvalue weighted by molar-refractivity contribution is 5.76. The van der Waals surface area contributed by atoms with E-state index in [0.717, 1.165) is 58.2 Å². The van der Waals surface area contributed by atoms with Crippen molar-refractivity contribution in [1.82, 2.24) is 9.80 Å². The maximum atomic E-state index is 12.2. The van der Waals surface area contributed by atoms with Crippen molar-refractivity contribution < 1.29 is 14.3 Å². The zero-order valence-electron chi connectivity index (χ0n) is 14.8. The van der Waals surface area contributed by atoms with Gasteiger partial charge in [-0.1, -0.05) is 0 Å². The minimum atomic E-state index is 0.245. The molecule has 0 aromatic rings. The lowest BCUT2D eigenvalue weighted by molar-refractivity contribution is -0.135. The number of piperidine rings is 1. The molecule has 1 atom stereocenters. The van der Waals surface area contributed by atoms with Crippen LogP contribution >= 0.6 is 0 Å². The molecule has 1 saturated carbocycles. The molecule has 1 aliphatic carbocycles. The van der Waals surface area contributed by atoms with Crippen LogP contribution in [0.4, 0.5) is 0 Å². The molecule has 3 rings (SSSR count). The third-order valence-corrected chi connectivity index (χ3v) is 5.98. The van der Waals surface area contributed by atoms with Crippen LogP contribution in [0.5, 0.6) is 0 Å². The summed E-state index contributed by atoms with van der Waals surface area (Å²) in [4.78, 5) is 16.7. The van der Waals surface area contributed by atoms with Crippen molar-refractivity contribution in [2.45, 2.75) is 32.1 Å². The maximum Gasteiger partial charge on any atom is 0.224 e. The Labute approximate surface area is 140 Å². The second kappa shape index (κ2) is 7.49. The van der Waals surface area contributed by atoms with Gasteiger partial charge in [-0.3, -0.25) is 4.79 Å². The topological polar surface area (TPSA) is 42.0 Å². The van der Waals surface area contributed by atoms with E-state index in [1.807, 2.05) is 4.90 Å². The molecule has 0 unspecified atom stereocenters. The summed E-state index contributed by atoms with van der Waals surface area (Å²) in [5.74, 6) is 1.71. The molecule has 2 saturated heterocycles. The zero-order chi connectivity index (χ0) is 16.3. The predicted molar refractivity (Wildman–Crippen MR) is 89.3 cm³/mol. The normalized spacial score (nSPS) is 27.7. The number of nitrogens with zero attached hydrogens (tertiary/aromatic N) is 2. The van der Waals surface area contributed by atoms with Crippen LogP contribution in [0.25, 0.3) is 0 Å². The molecular formula is C18H32N2O3. The Bertz CT molecular complexity index is 403. The van der Waals surface area contributed by atoms with Crippen LogP contribution in [0.1, 0.15) is 32.1 Å². The van der Waals surface area contributed by atoms with Gasteiger partial charge in [-0.05, 0) is 44.1 Å². The van der Waals surface area contributed by atoms with E-state index in [0.29, 0.717) is 24.4 Å². The van der Waals surface area contributed by atoms with Gasteiger partial charge in [0.1, 0.15) is 0 Å². The molecule has 1 spiro atoms. The van der Waals surface area contributed by atoms with Crippen LogP contribution in [-0.2, 0) is 14.3 Å². The molecule has 3 aliphatic rings. The molecular weight excluding hydrogens is 292 g/mol. The van der Waals surface area contributed by atoms with Crippen LogP contribution < -0.4 is 0 Å². The van der Waals surface area contributed by atoms with Crippen molar-refractivity contribution in [3.8, 4) is 0 Å². The van der Waals surface area contributed by atoms with Gasteiger partial charge in [0, 0.05) is 45.8 Å². The first-order chi connectivity index (χ1) is 11.1. The molecule has 5 heteroatoms. The first kappa shape index (κ1) is 17.2. The van der Waals surface area contributed by atoms with Crippen molar-refractivity contribution in [2.75, 3.05) is 60.2 Å². The van der Waals surface area contributed by atoms with Gasteiger partial charge in [-0.25, -0.2) is 0 Å². The van der Waals surface area contributed by atoms with E-state index in [4.69, 9.17) is 9.47 Å². The quantitative estimate of drug-likeness (QED) is 0.714. The molecule has 0 aromatic heterocycles. The molecule has 0 bridgehead atoms. The molecule has 0 N–H and O–H groups in total. The van der Waals surface area contributed by atoms with Gasteiger partial charge >= 0.3 is 0 Å². The van der Waals surface area contributed by atoms with Crippen molar-refractivity contribution >= 4 is 5.91 Å². The maximum absolute atomic E-state index is 12.2. The summed E-state index contributed by atoms with van der Waals surface area (Å²) in [5, 5.41) is 0. The fourth-order valence-corrected chi connectivity index (χ4v) is 4.31. The second-order valence-electron chi connectivity index (χ2n) is 7.86. The van der Waals surface area contributed by atoms with Crippen LogP contribution in [0.3, 0.4) is 0 Å². The SMILES string of the molecule is COCCC(=O)N1CCC2(CC1)CN(C)C[C@@H]2COCC1CC1. The number of likely N-dealkylation sites (tertiary alicyclic amines) is 2. The number of carbonyl (C=O) groups is 1. The summed E-state index contributed by atoms with van der Waals surface area (Å²) in [5.41, 5.74) is 0.357. The van der Waals surface area contributed by atoms with E-state index in [1.54, 1.807) is 7.11 Å². The van der Waals surface area contributed by atoms with Crippen molar-refractivity contribution in [3.63, 3.8) is 0 Å². The van der Waals surface area contributed by atoms with Crippen LogP contribution in [0.2, 0.25) is 0 Å². The molecule has 0 radical (unpaired) electrons. The van der Waals surface area contributed by atoms with E-state index >= 15 is 0 Å². The van der Waals surface area contributed by atoms with Crippen molar-refractivity contribution in [2.24, 2.45) is 17.3 Å². The number of hydrogen-bond acceptors (Lipinski definition) is 4. The zero-order valence-corrected chi connectivity index (χ0v) is 14.8. The summed E-state index contributed by atoms with van der Waals surface area (Å²) in [6.07, 6.45) is 5.46. The lowest BCUT2D eigenvalue weighted by Crippen LogP contribution is -2.47. The Morgan fingerprint density at radius 2 is 1.96 bits per heavy atom. The number of carbonyl (C=O) groups excluding carboxylic acids is 1. The molecule has 0 aromatic carbocycles. The number of hydrogen-bond donors (Lipinski definition) is 0. The predicted octanol–water partition coefficient (Wildman–Crippen LogP) is 1.62. The van der Waals surface area contributed by atoms with Gasteiger partial charge in [0.15, 0.2) is 0 Å². The smallest absolute Gasteiger partial charge is 0.224 e. The third-order valence-electron chi connectivity index (χ3n) is 5.98. The largest absolute Gasteiger partial charge is 0.384 e. The lowest BCUT2D eigenvalue weighted by atomic mass is 9.71. The number of rotatable bonds is 7. The Balaban J connectivity index is 1.50. The van der Waals surface area contributed by atoms with Gasteiger partial charge in [0.2, 0.25) is 5.91 Å². The Morgan fingerprint density at radius 1 is 1.22 bits per heavy atom. The standard InChI is InChI=1S/C18H32N2O3/c1-19-11-16(13-23-12-15-3-4-15)18(14-19)6-8-20(9-7-18)17(21)5-10-22-2/h15-16H,3-14H2,1-2H3/t16-/m1/s1. The van der Waals surface area contributed by atoms with Gasteiger partial charge in [-0.2, -0.15) is 0 Å². The minimum absolute atomic E-state index is 0.245. The Kier molecular flexibility index (Phi) is 5.60. The van der Waals surface area contributed by atoms with Gasteiger partial charge < -0.3 is 19.3 Å². The summed E-state index contributed by atoms with van der Waals surface area (Å²) in [7, 11) is 3.87. The summed E-state index contributed by atoms with van der Waals surface area (Å²) < 4.78 is 11.0. The average Bonchev–Trinajstić information content (AvgIpc) is 3.31. The van der Waals surface area contributed by atoms with Crippen molar-refractivity contribution in [3.05, 3.63) is 0 Å². The van der Waals surface area contributed by atoms with Crippen molar-refractivity contribution in [1.29, 1.82) is 0 Å². The molecule has 2 heterocycles. The minimum Gasteiger partial charge on any atom is -0.384 e. The summed E-state index contributed by atoms with van der Waals surface area (Å²) >= 11 is 0. The second-order valence-corrected chi connectivity index (χ2v) is 7.86. The lowest BCUT2D eigenvalue weighted by Gasteiger charge is -2.42. The van der Waals surface area contributed by atoms with Gasteiger partial charge in [-0.15, -0.1) is 0 Å². The van der Waals surface area contributed by atoms with Crippen LogP contribution in [-0.4, -0.2) is 75.9 Å². The van der Waals surface area contributed by atoms with E-state index < -0.39 is 0 Å². The number of ether oxygens (including phenoxy) is 2.